The first-order valence-electron chi connectivity index (χ1n) is 9.99. The van der Waals surface area contributed by atoms with Gasteiger partial charge in [-0.1, -0.05) is 153 Å². The molecule has 0 nitrogen and oxygen atoms in total. The van der Waals surface area contributed by atoms with Crippen molar-refractivity contribution in [2.45, 2.75) is 20.3 Å². The molecule has 148 valence electrons. The molecule has 0 bridgehead atoms. The lowest BCUT2D eigenvalue weighted by Gasteiger charge is -1.89. The zero-order valence-electron chi connectivity index (χ0n) is 17.6. The maximum atomic E-state index is 3.63. The number of benzene rings is 4. The Hall–Kier alpha value is -3.38. The van der Waals surface area contributed by atoms with Crippen molar-refractivity contribution in [2.24, 2.45) is 0 Å². The second-order valence-corrected chi connectivity index (χ2v) is 6.26. The fourth-order valence-electron chi connectivity index (χ4n) is 2.22. The van der Waals surface area contributed by atoms with Crippen LogP contribution in [-0.4, -0.2) is 0 Å². The van der Waals surface area contributed by atoms with Gasteiger partial charge in [0.25, 0.3) is 0 Å². The molecule has 0 unspecified atom stereocenters. The summed E-state index contributed by atoms with van der Waals surface area (Å²) in [6.07, 6.45) is 2.97. The Morgan fingerprint density at radius 3 is 1.14 bits per heavy atom. The molecular weight excluding hydrogens is 348 g/mol. The average molecular weight is 381 g/mol. The summed E-state index contributed by atoms with van der Waals surface area (Å²) in [4.78, 5) is 0. The summed E-state index contributed by atoms with van der Waals surface area (Å²) in [5.41, 5.74) is 3.91. The van der Waals surface area contributed by atoms with Gasteiger partial charge in [0.2, 0.25) is 0 Å². The molecule has 0 aliphatic carbocycles. The highest BCUT2D eigenvalue weighted by Crippen LogP contribution is 1.98. The highest BCUT2D eigenvalue weighted by Gasteiger charge is 1.80. The Bertz CT molecular complexity index is 809. The Labute approximate surface area is 177 Å². The molecule has 0 saturated carbocycles. The van der Waals surface area contributed by atoms with E-state index in [9.17, 15) is 0 Å². The molecule has 0 aromatic heterocycles. The summed E-state index contributed by atoms with van der Waals surface area (Å²) in [5.74, 6) is 0. The maximum absolute atomic E-state index is 3.63. The van der Waals surface area contributed by atoms with Gasteiger partial charge >= 0.3 is 0 Å². The molecule has 0 amide bonds. The van der Waals surface area contributed by atoms with E-state index in [1.165, 1.54) is 16.7 Å². The fourth-order valence-corrected chi connectivity index (χ4v) is 2.22. The van der Waals surface area contributed by atoms with Crippen LogP contribution in [0.3, 0.4) is 0 Å². The van der Waals surface area contributed by atoms with Crippen molar-refractivity contribution in [3.8, 4) is 0 Å². The quantitative estimate of drug-likeness (QED) is 0.328. The summed E-state index contributed by atoms with van der Waals surface area (Å²) in [5, 5.41) is 0. The summed E-state index contributed by atoms with van der Waals surface area (Å²) >= 11 is 0. The molecule has 0 spiro atoms. The highest BCUT2D eigenvalue weighted by atomic mass is 13.9. The van der Waals surface area contributed by atoms with E-state index in [0.717, 1.165) is 6.42 Å². The third-order valence-electron chi connectivity index (χ3n) is 3.89. The lowest BCUT2D eigenvalue weighted by atomic mass is 10.2. The molecule has 0 heterocycles. The number of aryl methyl sites for hydroxylation is 2. The normalized spacial score (nSPS) is 8.62. The molecule has 0 heteroatoms. The van der Waals surface area contributed by atoms with E-state index in [1.807, 2.05) is 97.1 Å². The van der Waals surface area contributed by atoms with E-state index < -0.39 is 0 Å². The average Bonchev–Trinajstić information content (AvgIpc) is 2.83. The Balaban J connectivity index is 0.000000194. The van der Waals surface area contributed by atoms with Crippen molar-refractivity contribution in [3.05, 3.63) is 151 Å². The molecule has 0 aliphatic rings. The second-order valence-electron chi connectivity index (χ2n) is 6.26. The third-order valence-corrected chi connectivity index (χ3v) is 3.89. The molecule has 0 atom stereocenters. The number of hydrogen-bond acceptors (Lipinski definition) is 0. The Morgan fingerprint density at radius 2 is 0.897 bits per heavy atom. The van der Waals surface area contributed by atoms with Crippen LogP contribution < -0.4 is 0 Å². The van der Waals surface area contributed by atoms with Gasteiger partial charge in [-0.05, 0) is 24.5 Å². The predicted molar refractivity (Wildman–Crippen MR) is 130 cm³/mol. The van der Waals surface area contributed by atoms with Crippen molar-refractivity contribution in [1.29, 1.82) is 0 Å². The summed E-state index contributed by atoms with van der Waals surface area (Å²) in [6.45, 7) is 7.88. The molecule has 29 heavy (non-hydrogen) atoms. The van der Waals surface area contributed by atoms with Gasteiger partial charge in [-0.3, -0.25) is 0 Å². The van der Waals surface area contributed by atoms with Crippen LogP contribution in [0.5, 0.6) is 0 Å². The SMILES string of the molecule is C=Cc1ccccc1.CCc1ccccc1.Cc1ccccc1.c1ccccc1. The number of rotatable bonds is 2. The van der Waals surface area contributed by atoms with Crippen LogP contribution >= 0.6 is 0 Å². The minimum atomic E-state index is 1.14. The van der Waals surface area contributed by atoms with E-state index >= 15 is 0 Å². The molecule has 0 aliphatic heterocycles. The van der Waals surface area contributed by atoms with Crippen molar-refractivity contribution in [3.63, 3.8) is 0 Å². The second kappa shape index (κ2) is 16.8. The lowest BCUT2D eigenvalue weighted by molar-refractivity contribution is 1.14. The van der Waals surface area contributed by atoms with Crippen molar-refractivity contribution in [1.82, 2.24) is 0 Å². The first kappa shape index (κ1) is 23.7. The number of hydrogen-bond donors (Lipinski definition) is 0. The smallest absolute Gasteiger partial charge is 0.0263 e. The van der Waals surface area contributed by atoms with E-state index in [4.69, 9.17) is 0 Å². The van der Waals surface area contributed by atoms with Crippen LogP contribution in [0.1, 0.15) is 23.6 Å². The van der Waals surface area contributed by atoms with Gasteiger partial charge in [0.05, 0.1) is 0 Å². The van der Waals surface area contributed by atoms with Crippen molar-refractivity contribution < 1.29 is 0 Å². The maximum Gasteiger partial charge on any atom is -0.0263 e. The first-order chi connectivity index (χ1) is 14.3. The zero-order chi connectivity index (χ0) is 21.0. The minimum Gasteiger partial charge on any atom is -0.0985 e. The summed E-state index contributed by atoms with van der Waals surface area (Å²) in [6, 6.07) is 42.7. The van der Waals surface area contributed by atoms with Crippen molar-refractivity contribution in [2.75, 3.05) is 0 Å². The van der Waals surface area contributed by atoms with Gasteiger partial charge in [-0.15, -0.1) is 0 Å². The zero-order valence-corrected chi connectivity index (χ0v) is 17.6. The summed E-state index contributed by atoms with van der Waals surface area (Å²) < 4.78 is 0. The van der Waals surface area contributed by atoms with Gasteiger partial charge in [0.1, 0.15) is 0 Å². The van der Waals surface area contributed by atoms with Crippen LogP contribution in [0.4, 0.5) is 0 Å². The van der Waals surface area contributed by atoms with E-state index in [2.05, 4.69) is 56.8 Å². The van der Waals surface area contributed by atoms with Crippen LogP contribution in [0.25, 0.3) is 6.08 Å². The van der Waals surface area contributed by atoms with Crippen molar-refractivity contribution >= 4 is 6.08 Å². The van der Waals surface area contributed by atoms with E-state index in [0.29, 0.717) is 0 Å². The van der Waals surface area contributed by atoms with Gasteiger partial charge in [-0.2, -0.15) is 0 Å². The first-order valence-corrected chi connectivity index (χ1v) is 9.99. The Kier molecular flexibility index (Phi) is 13.7. The third kappa shape index (κ3) is 13.4. The molecule has 0 saturated heterocycles. The molecule has 4 rings (SSSR count). The molecule has 0 N–H and O–H groups in total. The topological polar surface area (TPSA) is 0 Å². The van der Waals surface area contributed by atoms with Crippen LogP contribution in [-0.2, 0) is 6.42 Å². The molecule has 0 fully saturated rings. The van der Waals surface area contributed by atoms with Crippen LogP contribution in [0, 0.1) is 6.92 Å². The molecule has 4 aromatic carbocycles. The highest BCUT2D eigenvalue weighted by molar-refractivity contribution is 5.45. The molecule has 0 radical (unpaired) electrons. The van der Waals surface area contributed by atoms with Gasteiger partial charge in [-0.25, -0.2) is 0 Å². The lowest BCUT2D eigenvalue weighted by Crippen LogP contribution is -1.73. The predicted octanol–water partition coefficient (Wildman–Crippen LogP) is 8.26. The van der Waals surface area contributed by atoms with Crippen LogP contribution in [0.15, 0.2) is 134 Å². The van der Waals surface area contributed by atoms with Gasteiger partial charge < -0.3 is 0 Å². The van der Waals surface area contributed by atoms with E-state index in [1.54, 1.807) is 0 Å². The van der Waals surface area contributed by atoms with Gasteiger partial charge in [0, 0.05) is 0 Å². The van der Waals surface area contributed by atoms with Gasteiger partial charge in [0.15, 0.2) is 0 Å². The molecular formula is C29H32. The monoisotopic (exact) mass is 380 g/mol. The van der Waals surface area contributed by atoms with Crippen LogP contribution in [0.2, 0.25) is 0 Å². The fraction of sp³-hybridized carbons (Fsp3) is 0.103. The standard InChI is InChI=1S/C8H10.C8H8.C7H8.C6H6/c2*1-2-8-6-4-3-5-7-8;1-7-5-3-2-4-6-7;1-2-4-6-5-3-1/h3-7H,2H2,1H3;2-7H,1H2;2-6H,1H3;1-6H. The van der Waals surface area contributed by atoms with E-state index in [-0.39, 0.29) is 0 Å². The minimum absolute atomic E-state index is 1.14. The summed E-state index contributed by atoms with van der Waals surface area (Å²) in [7, 11) is 0. The largest absolute Gasteiger partial charge is 0.0985 e. The molecule has 4 aromatic rings. The Morgan fingerprint density at radius 1 is 0.552 bits per heavy atom.